The van der Waals surface area contributed by atoms with Crippen LogP contribution >= 0.6 is 0 Å². The van der Waals surface area contributed by atoms with E-state index in [9.17, 15) is 13.5 Å². The summed E-state index contributed by atoms with van der Waals surface area (Å²) in [6.07, 6.45) is 13.3. The minimum absolute atomic E-state index is 0.222. The SMILES string of the molecule is O=S(=O)(C1CC1)n1cc(-c2nccc(Nc3cc(NC4CCC(O)CC4)c(C#CCN4CCCC4)cn3)n2)cn1. The van der Waals surface area contributed by atoms with Crippen LogP contribution in [0.5, 0.6) is 0 Å². The van der Waals surface area contributed by atoms with Gasteiger partial charge in [-0.15, -0.1) is 0 Å². The lowest BCUT2D eigenvalue weighted by Crippen LogP contribution is -2.28. The summed E-state index contributed by atoms with van der Waals surface area (Å²) >= 11 is 0. The minimum Gasteiger partial charge on any atom is -0.393 e. The van der Waals surface area contributed by atoms with Gasteiger partial charge in [0, 0.05) is 24.5 Å². The van der Waals surface area contributed by atoms with Crippen molar-refractivity contribution < 1.29 is 13.5 Å². The van der Waals surface area contributed by atoms with Crippen LogP contribution in [0.1, 0.15) is 56.9 Å². The predicted molar refractivity (Wildman–Crippen MR) is 153 cm³/mol. The Morgan fingerprint density at radius 1 is 1.02 bits per heavy atom. The first-order valence-electron chi connectivity index (χ1n) is 14.0. The average molecular weight is 563 g/mol. The molecule has 0 spiro atoms. The highest BCUT2D eigenvalue weighted by atomic mass is 32.2. The fourth-order valence-electron chi connectivity index (χ4n) is 5.15. The van der Waals surface area contributed by atoms with Crippen LogP contribution in [0.15, 0.2) is 36.9 Å². The van der Waals surface area contributed by atoms with Gasteiger partial charge in [0.2, 0.25) is 0 Å². The van der Waals surface area contributed by atoms with E-state index >= 15 is 0 Å². The van der Waals surface area contributed by atoms with Gasteiger partial charge in [-0.1, -0.05) is 11.8 Å². The third-order valence-corrected chi connectivity index (χ3v) is 9.66. The van der Waals surface area contributed by atoms with Crippen molar-refractivity contribution in [2.24, 2.45) is 0 Å². The second kappa shape index (κ2) is 11.5. The highest BCUT2D eigenvalue weighted by molar-refractivity contribution is 7.90. The van der Waals surface area contributed by atoms with Gasteiger partial charge in [0.15, 0.2) is 5.82 Å². The van der Waals surface area contributed by atoms with E-state index in [0.717, 1.165) is 60.7 Å². The van der Waals surface area contributed by atoms with Crippen molar-refractivity contribution in [3.8, 4) is 23.2 Å². The number of aliphatic hydroxyl groups is 1. The summed E-state index contributed by atoms with van der Waals surface area (Å²) < 4.78 is 26.0. The molecule has 4 heterocycles. The summed E-state index contributed by atoms with van der Waals surface area (Å²) in [7, 11) is -3.46. The molecule has 6 rings (SSSR count). The topological polar surface area (TPSA) is 138 Å². The zero-order chi connectivity index (χ0) is 27.5. The lowest BCUT2D eigenvalue weighted by molar-refractivity contribution is 0.126. The highest BCUT2D eigenvalue weighted by Gasteiger charge is 2.37. The Morgan fingerprint density at radius 3 is 2.60 bits per heavy atom. The Balaban J connectivity index is 1.20. The van der Waals surface area contributed by atoms with Gasteiger partial charge in [-0.05, 0) is 70.5 Å². The third-order valence-electron chi connectivity index (χ3n) is 7.62. The van der Waals surface area contributed by atoms with E-state index in [2.05, 4.69) is 47.4 Å². The second-order valence-corrected chi connectivity index (χ2v) is 12.9. The number of pyridine rings is 1. The molecule has 3 aromatic heterocycles. The summed E-state index contributed by atoms with van der Waals surface area (Å²) in [5.41, 5.74) is 2.25. The zero-order valence-electron chi connectivity index (χ0n) is 22.3. The summed E-state index contributed by atoms with van der Waals surface area (Å²) in [6, 6.07) is 3.93. The monoisotopic (exact) mass is 562 g/mol. The van der Waals surface area contributed by atoms with Crippen molar-refractivity contribution in [2.45, 2.75) is 68.8 Å². The first-order valence-corrected chi connectivity index (χ1v) is 15.5. The number of rotatable bonds is 8. The van der Waals surface area contributed by atoms with Crippen molar-refractivity contribution in [2.75, 3.05) is 30.3 Å². The smallest absolute Gasteiger partial charge is 0.256 e. The van der Waals surface area contributed by atoms with Crippen LogP contribution in [-0.4, -0.2) is 79.6 Å². The molecule has 3 fully saturated rings. The van der Waals surface area contributed by atoms with Crippen molar-refractivity contribution in [3.63, 3.8) is 0 Å². The molecule has 12 heteroatoms. The van der Waals surface area contributed by atoms with Gasteiger partial charge in [0.1, 0.15) is 11.6 Å². The summed E-state index contributed by atoms with van der Waals surface area (Å²) in [6.45, 7) is 2.95. The Labute approximate surface area is 234 Å². The molecule has 40 heavy (non-hydrogen) atoms. The molecule has 0 aromatic carbocycles. The number of aliphatic hydroxyl groups excluding tert-OH is 1. The second-order valence-electron chi connectivity index (χ2n) is 10.8. The molecule has 2 aliphatic carbocycles. The minimum atomic E-state index is -3.46. The van der Waals surface area contributed by atoms with Crippen LogP contribution < -0.4 is 10.6 Å². The molecule has 3 aliphatic rings. The van der Waals surface area contributed by atoms with Crippen LogP contribution in [-0.2, 0) is 10.0 Å². The Kier molecular flexibility index (Phi) is 7.69. The maximum Gasteiger partial charge on any atom is 0.256 e. The molecule has 0 unspecified atom stereocenters. The van der Waals surface area contributed by atoms with E-state index < -0.39 is 10.0 Å². The quantitative estimate of drug-likeness (QED) is 0.351. The lowest BCUT2D eigenvalue weighted by atomic mass is 9.93. The largest absolute Gasteiger partial charge is 0.393 e. The van der Waals surface area contributed by atoms with Gasteiger partial charge in [-0.25, -0.2) is 23.4 Å². The summed E-state index contributed by atoms with van der Waals surface area (Å²) in [5.74, 6) is 8.11. The Hall–Kier alpha value is -3.53. The van der Waals surface area contributed by atoms with Crippen LogP contribution in [0.4, 0.5) is 17.3 Å². The van der Waals surface area contributed by atoms with E-state index in [1.807, 2.05) is 6.07 Å². The lowest BCUT2D eigenvalue weighted by Gasteiger charge is -2.27. The molecule has 1 saturated heterocycles. The molecule has 210 valence electrons. The standard InChI is InChI=1S/C28H34N8O3S/c37-23-7-5-22(6-8-23)32-25-16-27(30-17-20(25)4-3-15-35-13-1-2-14-35)33-26-11-12-29-28(34-26)21-18-31-36(19-21)40(38,39)24-9-10-24/h11-12,16-19,22-24,37H,1-2,5-10,13-15H2,(H2,29,30,32,33,34). The molecule has 0 atom stereocenters. The van der Waals surface area contributed by atoms with Crippen LogP contribution in [0.2, 0.25) is 0 Å². The van der Waals surface area contributed by atoms with Crippen molar-refractivity contribution in [3.05, 3.63) is 42.5 Å². The molecule has 0 bridgehead atoms. The van der Waals surface area contributed by atoms with E-state index in [4.69, 9.17) is 0 Å². The number of hydrogen-bond acceptors (Lipinski definition) is 10. The van der Waals surface area contributed by atoms with Crippen molar-refractivity contribution in [1.29, 1.82) is 0 Å². The molecule has 0 radical (unpaired) electrons. The van der Waals surface area contributed by atoms with Gasteiger partial charge >= 0.3 is 0 Å². The zero-order valence-corrected chi connectivity index (χ0v) is 23.1. The number of nitrogens with zero attached hydrogens (tertiary/aromatic N) is 6. The van der Waals surface area contributed by atoms with Crippen LogP contribution in [0.25, 0.3) is 11.4 Å². The molecule has 1 aliphatic heterocycles. The van der Waals surface area contributed by atoms with E-state index in [0.29, 0.717) is 35.9 Å². The molecular formula is C28H34N8O3S. The molecule has 11 nitrogen and oxygen atoms in total. The maximum atomic E-state index is 12.5. The first-order chi connectivity index (χ1) is 19.4. The number of aromatic nitrogens is 5. The molecule has 2 saturated carbocycles. The molecule has 3 N–H and O–H groups in total. The molecule has 3 aromatic rings. The van der Waals surface area contributed by atoms with Gasteiger partial charge < -0.3 is 15.7 Å². The van der Waals surface area contributed by atoms with Gasteiger partial charge in [-0.2, -0.15) is 9.19 Å². The first kappa shape index (κ1) is 26.7. The van der Waals surface area contributed by atoms with Crippen LogP contribution in [0, 0.1) is 11.8 Å². The maximum absolute atomic E-state index is 12.5. The Morgan fingerprint density at radius 2 is 1.82 bits per heavy atom. The number of hydrogen-bond donors (Lipinski definition) is 3. The Bertz CT molecular complexity index is 1510. The predicted octanol–water partition coefficient (Wildman–Crippen LogP) is 2.98. The van der Waals surface area contributed by atoms with E-state index in [-0.39, 0.29) is 17.4 Å². The number of anilines is 3. The summed E-state index contributed by atoms with van der Waals surface area (Å²) in [4.78, 5) is 15.8. The number of nitrogens with one attached hydrogen (secondary N) is 2. The van der Waals surface area contributed by atoms with E-state index in [1.165, 1.54) is 25.2 Å². The van der Waals surface area contributed by atoms with Gasteiger partial charge in [0.05, 0.1) is 47.1 Å². The molecular weight excluding hydrogens is 528 g/mol. The fourth-order valence-corrected chi connectivity index (χ4v) is 6.62. The van der Waals surface area contributed by atoms with Gasteiger partial charge in [-0.3, -0.25) is 4.90 Å². The van der Waals surface area contributed by atoms with E-state index in [1.54, 1.807) is 18.5 Å². The number of likely N-dealkylation sites (tertiary alicyclic amines) is 1. The fraction of sp³-hybridized carbons (Fsp3) is 0.500. The highest BCUT2D eigenvalue weighted by Crippen LogP contribution is 2.30. The van der Waals surface area contributed by atoms with Crippen LogP contribution in [0.3, 0.4) is 0 Å². The summed E-state index contributed by atoms with van der Waals surface area (Å²) in [5, 5.41) is 20.5. The average Bonchev–Trinajstić information content (AvgIpc) is 3.47. The normalized spacial score (nSPS) is 21.5. The van der Waals surface area contributed by atoms with Crippen molar-refractivity contribution in [1.82, 2.24) is 29.0 Å². The molecule has 0 amide bonds. The van der Waals surface area contributed by atoms with Gasteiger partial charge in [0.25, 0.3) is 10.0 Å². The van der Waals surface area contributed by atoms with Crippen molar-refractivity contribution >= 4 is 27.3 Å². The third kappa shape index (κ3) is 6.27.